The summed E-state index contributed by atoms with van der Waals surface area (Å²) in [7, 11) is 0. The molecule has 0 bridgehead atoms. The highest BCUT2D eigenvalue weighted by molar-refractivity contribution is 8.00. The van der Waals surface area contributed by atoms with E-state index in [-0.39, 0.29) is 17.8 Å². The van der Waals surface area contributed by atoms with Crippen LogP contribution in [-0.4, -0.2) is 29.4 Å². The molecule has 0 radical (unpaired) electrons. The molecular weight excluding hydrogens is 234 g/mol. The predicted molar refractivity (Wildman–Crippen MR) is 69.9 cm³/mol. The van der Waals surface area contributed by atoms with E-state index in [4.69, 9.17) is 5.11 Å². The average molecular weight is 251 g/mol. The maximum atomic E-state index is 12.1. The first-order valence-electron chi connectivity index (χ1n) is 5.89. The van der Waals surface area contributed by atoms with Gasteiger partial charge in [-0.15, -0.1) is 11.8 Å². The average Bonchev–Trinajstić information content (AvgIpc) is 3.15. The molecule has 2 rings (SSSR count). The molecule has 1 atom stereocenters. The molecule has 1 amide bonds. The van der Waals surface area contributed by atoms with Crippen molar-refractivity contribution in [1.82, 2.24) is 5.32 Å². The lowest BCUT2D eigenvalue weighted by atomic mass is 10.1. The fraction of sp³-hybridized carbons (Fsp3) is 0.462. The zero-order valence-electron chi connectivity index (χ0n) is 9.63. The third-order valence-corrected chi connectivity index (χ3v) is 3.88. The van der Waals surface area contributed by atoms with Gasteiger partial charge >= 0.3 is 0 Å². The van der Waals surface area contributed by atoms with E-state index in [0.717, 1.165) is 18.4 Å². The number of hydrogen-bond donors (Lipinski definition) is 2. The lowest BCUT2D eigenvalue weighted by Gasteiger charge is -2.16. The molecule has 1 aromatic rings. The Hall–Kier alpha value is -1.00. The largest absolute Gasteiger partial charge is 0.396 e. The topological polar surface area (TPSA) is 49.3 Å². The Morgan fingerprint density at radius 1 is 1.41 bits per heavy atom. The number of nitrogens with one attached hydrogen (secondary N) is 1. The number of aliphatic hydroxyl groups excluding tert-OH is 1. The molecule has 4 heteroatoms. The summed E-state index contributed by atoms with van der Waals surface area (Å²) in [5, 5.41) is 11.7. The molecule has 92 valence electrons. The molecule has 17 heavy (non-hydrogen) atoms. The molecule has 1 saturated carbocycles. The van der Waals surface area contributed by atoms with Gasteiger partial charge in [0.05, 0.1) is 6.61 Å². The standard InChI is InChI=1S/C13H17NO2S/c15-8-9-17-12(10-4-2-1-3-5-10)13(16)14-11-6-7-11/h1-5,11-12,15H,6-9H2,(H,14,16)/t12-/m1/s1. The van der Waals surface area contributed by atoms with Crippen LogP contribution in [0, 0.1) is 0 Å². The number of amides is 1. The minimum Gasteiger partial charge on any atom is -0.396 e. The number of thioether (sulfide) groups is 1. The Morgan fingerprint density at radius 3 is 2.71 bits per heavy atom. The van der Waals surface area contributed by atoms with Gasteiger partial charge in [0.1, 0.15) is 5.25 Å². The number of benzene rings is 1. The second-order valence-electron chi connectivity index (χ2n) is 4.17. The quantitative estimate of drug-likeness (QED) is 0.809. The first kappa shape index (κ1) is 12.5. The van der Waals surface area contributed by atoms with Crippen LogP contribution in [0.5, 0.6) is 0 Å². The van der Waals surface area contributed by atoms with Crippen molar-refractivity contribution < 1.29 is 9.90 Å². The fourth-order valence-electron chi connectivity index (χ4n) is 1.63. The van der Waals surface area contributed by atoms with Crippen molar-refractivity contribution in [2.75, 3.05) is 12.4 Å². The second kappa shape index (κ2) is 6.07. The molecule has 1 aliphatic carbocycles. The Morgan fingerprint density at radius 2 is 2.12 bits per heavy atom. The summed E-state index contributed by atoms with van der Waals surface area (Å²) in [6.07, 6.45) is 2.19. The van der Waals surface area contributed by atoms with Gasteiger partial charge in [0, 0.05) is 11.8 Å². The molecule has 0 saturated heterocycles. The van der Waals surface area contributed by atoms with Crippen molar-refractivity contribution in [3.05, 3.63) is 35.9 Å². The third kappa shape index (κ3) is 3.75. The highest BCUT2D eigenvalue weighted by atomic mass is 32.2. The summed E-state index contributed by atoms with van der Waals surface area (Å²) in [4.78, 5) is 12.1. The van der Waals surface area contributed by atoms with Crippen molar-refractivity contribution in [2.45, 2.75) is 24.1 Å². The van der Waals surface area contributed by atoms with Gasteiger partial charge in [-0.1, -0.05) is 30.3 Å². The molecule has 1 aliphatic rings. The van der Waals surface area contributed by atoms with E-state index in [2.05, 4.69) is 5.32 Å². The van der Waals surface area contributed by atoms with Gasteiger partial charge in [0.25, 0.3) is 0 Å². The normalized spacial score (nSPS) is 16.5. The van der Waals surface area contributed by atoms with Crippen LogP contribution in [0.2, 0.25) is 0 Å². The van der Waals surface area contributed by atoms with Crippen LogP contribution < -0.4 is 5.32 Å². The van der Waals surface area contributed by atoms with Crippen molar-refractivity contribution >= 4 is 17.7 Å². The van der Waals surface area contributed by atoms with Crippen LogP contribution in [0.15, 0.2) is 30.3 Å². The Balaban J connectivity index is 2.03. The maximum Gasteiger partial charge on any atom is 0.237 e. The van der Waals surface area contributed by atoms with Crippen molar-refractivity contribution in [1.29, 1.82) is 0 Å². The molecule has 0 aliphatic heterocycles. The van der Waals surface area contributed by atoms with Crippen molar-refractivity contribution in [3.8, 4) is 0 Å². The first-order valence-corrected chi connectivity index (χ1v) is 6.94. The highest BCUT2D eigenvalue weighted by Gasteiger charge is 2.28. The van der Waals surface area contributed by atoms with Crippen molar-refractivity contribution in [2.24, 2.45) is 0 Å². The van der Waals surface area contributed by atoms with E-state index >= 15 is 0 Å². The SMILES string of the molecule is O=C(NC1CC1)[C@H](SCCO)c1ccccc1. The van der Waals surface area contributed by atoms with Gasteiger partial charge in [-0.05, 0) is 18.4 Å². The fourth-order valence-corrected chi connectivity index (χ4v) is 2.54. The summed E-state index contributed by atoms with van der Waals surface area (Å²) in [5.74, 6) is 0.648. The van der Waals surface area contributed by atoms with E-state index in [1.165, 1.54) is 11.8 Å². The van der Waals surface area contributed by atoms with Gasteiger partial charge < -0.3 is 10.4 Å². The maximum absolute atomic E-state index is 12.1. The molecule has 0 spiro atoms. The van der Waals surface area contributed by atoms with Gasteiger partial charge in [0.2, 0.25) is 5.91 Å². The molecular formula is C13H17NO2S. The summed E-state index contributed by atoms with van der Waals surface area (Å²) in [6, 6.07) is 10.1. The lowest BCUT2D eigenvalue weighted by molar-refractivity contribution is -0.120. The Labute approximate surface area is 106 Å². The molecule has 0 unspecified atom stereocenters. The number of aliphatic hydroxyl groups is 1. The van der Waals surface area contributed by atoms with Gasteiger partial charge in [0.15, 0.2) is 0 Å². The van der Waals surface area contributed by atoms with Crippen LogP contribution in [0.1, 0.15) is 23.7 Å². The summed E-state index contributed by atoms with van der Waals surface area (Å²) >= 11 is 1.49. The summed E-state index contributed by atoms with van der Waals surface area (Å²) in [5.41, 5.74) is 1.00. The zero-order valence-corrected chi connectivity index (χ0v) is 10.5. The van der Waals surface area contributed by atoms with Crippen LogP contribution in [0.4, 0.5) is 0 Å². The molecule has 1 fully saturated rings. The highest BCUT2D eigenvalue weighted by Crippen LogP contribution is 2.30. The molecule has 1 aromatic carbocycles. The smallest absolute Gasteiger partial charge is 0.237 e. The molecule has 2 N–H and O–H groups in total. The van der Waals surface area contributed by atoms with E-state index in [1.807, 2.05) is 30.3 Å². The van der Waals surface area contributed by atoms with Crippen LogP contribution in [0.3, 0.4) is 0 Å². The second-order valence-corrected chi connectivity index (χ2v) is 5.38. The minimum atomic E-state index is -0.205. The zero-order chi connectivity index (χ0) is 12.1. The Kier molecular flexibility index (Phi) is 4.45. The summed E-state index contributed by atoms with van der Waals surface area (Å²) < 4.78 is 0. The summed E-state index contributed by atoms with van der Waals surface area (Å²) in [6.45, 7) is 0.102. The number of carbonyl (C=O) groups excluding carboxylic acids is 1. The van der Waals surface area contributed by atoms with E-state index in [0.29, 0.717) is 11.8 Å². The number of hydrogen-bond acceptors (Lipinski definition) is 3. The van der Waals surface area contributed by atoms with Gasteiger partial charge in [-0.25, -0.2) is 0 Å². The van der Waals surface area contributed by atoms with Gasteiger partial charge in [-0.2, -0.15) is 0 Å². The Bertz CT molecular complexity index is 365. The van der Waals surface area contributed by atoms with Crippen LogP contribution in [-0.2, 0) is 4.79 Å². The predicted octanol–water partition coefficient (Wildman–Crippen LogP) is 1.73. The number of rotatable bonds is 6. The molecule has 3 nitrogen and oxygen atoms in total. The monoisotopic (exact) mass is 251 g/mol. The van der Waals surface area contributed by atoms with Gasteiger partial charge in [-0.3, -0.25) is 4.79 Å². The molecule has 0 heterocycles. The third-order valence-electron chi connectivity index (χ3n) is 2.64. The first-order chi connectivity index (χ1) is 8.31. The van der Waals surface area contributed by atoms with Crippen LogP contribution >= 0.6 is 11.8 Å². The number of carbonyl (C=O) groups is 1. The van der Waals surface area contributed by atoms with Crippen LogP contribution in [0.25, 0.3) is 0 Å². The lowest BCUT2D eigenvalue weighted by Crippen LogP contribution is -2.30. The van der Waals surface area contributed by atoms with E-state index < -0.39 is 0 Å². The van der Waals surface area contributed by atoms with E-state index in [1.54, 1.807) is 0 Å². The van der Waals surface area contributed by atoms with Crippen molar-refractivity contribution in [3.63, 3.8) is 0 Å². The molecule has 0 aromatic heterocycles. The van der Waals surface area contributed by atoms with E-state index in [9.17, 15) is 4.79 Å². The minimum absolute atomic E-state index is 0.0668.